The highest BCUT2D eigenvalue weighted by molar-refractivity contribution is 6.13. The van der Waals surface area contributed by atoms with Gasteiger partial charge in [-0.1, -0.05) is 0 Å². The van der Waals surface area contributed by atoms with Crippen LogP contribution >= 0.6 is 0 Å². The van der Waals surface area contributed by atoms with Gasteiger partial charge >= 0.3 is 5.63 Å². The van der Waals surface area contributed by atoms with Crippen molar-refractivity contribution in [2.45, 2.75) is 32.3 Å². The van der Waals surface area contributed by atoms with E-state index in [-0.39, 0.29) is 5.60 Å². The fourth-order valence-corrected chi connectivity index (χ4v) is 3.69. The third-order valence-corrected chi connectivity index (χ3v) is 5.09. The van der Waals surface area contributed by atoms with E-state index in [1.54, 1.807) is 19.2 Å². The highest BCUT2D eigenvalue weighted by Crippen LogP contribution is 2.39. The third-order valence-electron chi connectivity index (χ3n) is 5.09. The highest BCUT2D eigenvalue weighted by atomic mass is 16.5. The molecule has 2 aromatic carbocycles. The quantitative estimate of drug-likeness (QED) is 0.461. The second-order valence-electron chi connectivity index (χ2n) is 7.38. The van der Waals surface area contributed by atoms with E-state index in [4.69, 9.17) is 18.3 Å². The van der Waals surface area contributed by atoms with Gasteiger partial charge in [0.05, 0.1) is 12.5 Å². The van der Waals surface area contributed by atoms with E-state index >= 15 is 0 Å². The predicted molar refractivity (Wildman–Crippen MR) is 99.3 cm³/mol. The second kappa shape index (κ2) is 5.04. The van der Waals surface area contributed by atoms with Gasteiger partial charge in [-0.25, -0.2) is 4.79 Å². The molecular formula is C21H18O5. The van der Waals surface area contributed by atoms with Gasteiger partial charge in [-0.2, -0.15) is 0 Å². The first-order valence-electron chi connectivity index (χ1n) is 8.64. The Labute approximate surface area is 149 Å². The van der Waals surface area contributed by atoms with Crippen LogP contribution in [0.4, 0.5) is 0 Å². The van der Waals surface area contributed by atoms with Gasteiger partial charge in [0.25, 0.3) is 0 Å². The molecule has 0 saturated heterocycles. The molecule has 0 N–H and O–H groups in total. The average molecular weight is 350 g/mol. The van der Waals surface area contributed by atoms with E-state index in [9.17, 15) is 4.79 Å². The van der Waals surface area contributed by atoms with Gasteiger partial charge in [-0.05, 0) is 50.5 Å². The summed E-state index contributed by atoms with van der Waals surface area (Å²) in [5.74, 6) is 1.45. The first-order valence-corrected chi connectivity index (χ1v) is 8.64. The Morgan fingerprint density at radius 1 is 1.04 bits per heavy atom. The van der Waals surface area contributed by atoms with E-state index in [1.807, 2.05) is 18.2 Å². The maximum absolute atomic E-state index is 12.6. The van der Waals surface area contributed by atoms with Crippen molar-refractivity contribution in [3.8, 4) is 11.5 Å². The number of furan rings is 1. The van der Waals surface area contributed by atoms with E-state index in [1.165, 1.54) is 0 Å². The van der Waals surface area contributed by atoms with Crippen molar-refractivity contribution >= 4 is 32.9 Å². The van der Waals surface area contributed by atoms with Crippen molar-refractivity contribution in [3.63, 3.8) is 0 Å². The fourth-order valence-electron chi connectivity index (χ4n) is 3.69. The molecular weight excluding hydrogens is 332 g/mol. The Morgan fingerprint density at radius 3 is 2.65 bits per heavy atom. The Balaban J connectivity index is 1.86. The number of hydrogen-bond donors (Lipinski definition) is 0. The van der Waals surface area contributed by atoms with Crippen LogP contribution in [0.3, 0.4) is 0 Å². The fraction of sp³-hybridized carbons (Fsp3) is 0.286. The number of ether oxygens (including phenoxy) is 2. The van der Waals surface area contributed by atoms with E-state index in [0.717, 1.165) is 34.9 Å². The zero-order valence-corrected chi connectivity index (χ0v) is 14.8. The summed E-state index contributed by atoms with van der Waals surface area (Å²) in [6, 6.07) is 9.24. The molecule has 5 rings (SSSR count). The maximum atomic E-state index is 12.6. The lowest BCUT2D eigenvalue weighted by Gasteiger charge is -2.32. The second-order valence-corrected chi connectivity index (χ2v) is 7.38. The standard InChI is InChI=1S/C21H18O5/c1-21(2)7-6-11-8-14-17(10-15(11)26-21)25-20(22)18-13-5-4-12(23-3)9-16(13)24-19(14)18/h4-5,8-10H,6-7H2,1-3H3. The lowest BCUT2D eigenvalue weighted by Crippen LogP contribution is -2.32. The molecule has 26 heavy (non-hydrogen) atoms. The lowest BCUT2D eigenvalue weighted by molar-refractivity contribution is 0.0848. The monoisotopic (exact) mass is 350 g/mol. The number of hydrogen-bond acceptors (Lipinski definition) is 5. The van der Waals surface area contributed by atoms with Crippen LogP contribution < -0.4 is 15.1 Å². The minimum Gasteiger partial charge on any atom is -0.497 e. The molecule has 0 amide bonds. The van der Waals surface area contributed by atoms with Crippen LogP contribution in [0.2, 0.25) is 0 Å². The van der Waals surface area contributed by atoms with Crippen LogP contribution in [-0.4, -0.2) is 12.7 Å². The summed E-state index contributed by atoms with van der Waals surface area (Å²) in [5.41, 5.74) is 2.10. The molecule has 0 spiro atoms. The van der Waals surface area contributed by atoms with Gasteiger partial charge in [0.2, 0.25) is 0 Å². The van der Waals surface area contributed by atoms with Crippen molar-refractivity contribution in [3.05, 3.63) is 46.3 Å². The van der Waals surface area contributed by atoms with Gasteiger partial charge in [-0.15, -0.1) is 0 Å². The maximum Gasteiger partial charge on any atom is 0.348 e. The first-order chi connectivity index (χ1) is 12.4. The van der Waals surface area contributed by atoms with Crippen LogP contribution in [0.1, 0.15) is 25.8 Å². The summed E-state index contributed by atoms with van der Waals surface area (Å²) in [5, 5.41) is 1.98. The number of rotatable bonds is 1. The van der Waals surface area contributed by atoms with Crippen LogP contribution in [0.25, 0.3) is 32.9 Å². The molecule has 0 fully saturated rings. The summed E-state index contributed by atoms with van der Waals surface area (Å²) in [6.07, 6.45) is 1.84. The van der Waals surface area contributed by atoms with Crippen molar-refractivity contribution in [2.75, 3.05) is 7.11 Å². The number of aryl methyl sites for hydroxylation is 1. The molecule has 0 aliphatic carbocycles. The van der Waals surface area contributed by atoms with E-state index in [2.05, 4.69) is 13.8 Å². The Hall–Kier alpha value is -2.95. The normalized spacial score (nSPS) is 16.0. The molecule has 0 radical (unpaired) electrons. The molecule has 4 aromatic rings. The zero-order chi connectivity index (χ0) is 18.1. The molecule has 5 heteroatoms. The molecule has 1 aliphatic rings. The van der Waals surface area contributed by atoms with Crippen LogP contribution in [0, 0.1) is 0 Å². The molecule has 132 valence electrons. The molecule has 0 atom stereocenters. The Bertz CT molecular complexity index is 1240. The summed E-state index contributed by atoms with van der Waals surface area (Å²) in [6.45, 7) is 4.12. The number of methoxy groups -OCH3 is 1. The average Bonchev–Trinajstić information content (AvgIpc) is 2.99. The molecule has 3 heterocycles. The molecule has 0 saturated carbocycles. The van der Waals surface area contributed by atoms with Crippen molar-refractivity contribution < 1.29 is 18.3 Å². The molecule has 0 unspecified atom stereocenters. The Morgan fingerprint density at radius 2 is 1.85 bits per heavy atom. The lowest BCUT2D eigenvalue weighted by atomic mass is 9.93. The van der Waals surface area contributed by atoms with Crippen LogP contribution in [0.5, 0.6) is 11.5 Å². The van der Waals surface area contributed by atoms with Gasteiger partial charge in [0.15, 0.2) is 5.58 Å². The van der Waals surface area contributed by atoms with Crippen LogP contribution in [-0.2, 0) is 6.42 Å². The van der Waals surface area contributed by atoms with Gasteiger partial charge in [0, 0.05) is 17.5 Å². The zero-order valence-electron chi connectivity index (χ0n) is 14.8. The molecule has 0 bridgehead atoms. The summed E-state index contributed by atoms with van der Waals surface area (Å²) in [4.78, 5) is 12.6. The minimum absolute atomic E-state index is 0.221. The van der Waals surface area contributed by atoms with Crippen LogP contribution in [0.15, 0.2) is 44.0 Å². The molecule has 1 aliphatic heterocycles. The molecule has 2 aromatic heterocycles. The third kappa shape index (κ3) is 2.13. The van der Waals surface area contributed by atoms with Gasteiger partial charge < -0.3 is 18.3 Å². The smallest absolute Gasteiger partial charge is 0.348 e. The summed E-state index contributed by atoms with van der Waals surface area (Å²) < 4.78 is 23.0. The first kappa shape index (κ1) is 15.3. The van der Waals surface area contributed by atoms with Gasteiger partial charge in [-0.3, -0.25) is 0 Å². The van der Waals surface area contributed by atoms with E-state index < -0.39 is 5.63 Å². The summed E-state index contributed by atoms with van der Waals surface area (Å²) >= 11 is 0. The van der Waals surface area contributed by atoms with Crippen molar-refractivity contribution in [2.24, 2.45) is 0 Å². The van der Waals surface area contributed by atoms with Gasteiger partial charge in [0.1, 0.15) is 33.7 Å². The largest absolute Gasteiger partial charge is 0.497 e. The molecule has 5 nitrogen and oxygen atoms in total. The van der Waals surface area contributed by atoms with Crippen molar-refractivity contribution in [1.29, 1.82) is 0 Å². The number of fused-ring (bicyclic) bond motifs is 6. The van der Waals surface area contributed by atoms with Crippen molar-refractivity contribution in [1.82, 2.24) is 0 Å². The Kier molecular flexibility index (Phi) is 2.97. The highest BCUT2D eigenvalue weighted by Gasteiger charge is 2.28. The van der Waals surface area contributed by atoms with E-state index in [0.29, 0.717) is 27.9 Å². The topological polar surface area (TPSA) is 61.8 Å². The number of benzene rings is 2. The SMILES string of the molecule is COc1ccc2c(c1)oc1c3cc4c(cc3oc(=O)c21)OC(C)(C)CC4. The predicted octanol–water partition coefficient (Wildman–Crippen LogP) is 4.80. The summed E-state index contributed by atoms with van der Waals surface area (Å²) in [7, 11) is 1.60. The minimum atomic E-state index is -0.411.